The Bertz CT molecular complexity index is 408. The fraction of sp³-hybridized carbons (Fsp3) is 0.500. The summed E-state index contributed by atoms with van der Waals surface area (Å²) in [6.07, 6.45) is 4.64. The lowest BCUT2D eigenvalue weighted by Gasteiger charge is -2.08. The van der Waals surface area contributed by atoms with Gasteiger partial charge in [-0.05, 0) is 25.0 Å². The van der Waals surface area contributed by atoms with Gasteiger partial charge in [-0.25, -0.2) is 8.78 Å². The molecule has 0 spiro atoms. The molecule has 0 atom stereocenters. The van der Waals surface area contributed by atoms with Crippen LogP contribution in [0, 0.1) is 11.6 Å². The van der Waals surface area contributed by atoms with Crippen LogP contribution in [0.2, 0.25) is 0 Å². The molecular weight excluding hydrogens is 254 g/mol. The predicted octanol–water partition coefficient (Wildman–Crippen LogP) is 3.75. The summed E-state index contributed by atoms with van der Waals surface area (Å²) in [6.45, 7) is 0. The highest BCUT2D eigenvalue weighted by atomic mass is 32.2. The number of hydrogen-bond donors (Lipinski definition) is 0. The average molecular weight is 270 g/mol. The van der Waals surface area contributed by atoms with Gasteiger partial charge >= 0.3 is 0 Å². The number of rotatable bonds is 5. The minimum atomic E-state index is -0.630. The fourth-order valence-corrected chi connectivity index (χ4v) is 3.41. The maximum Gasteiger partial charge on any atom is 0.147 e. The molecule has 98 valence electrons. The quantitative estimate of drug-likeness (QED) is 0.810. The zero-order chi connectivity index (χ0) is 13.0. The van der Waals surface area contributed by atoms with E-state index in [1.165, 1.54) is 31.0 Å². The first-order valence-electron chi connectivity index (χ1n) is 6.23. The molecule has 0 amide bonds. The van der Waals surface area contributed by atoms with E-state index in [-0.39, 0.29) is 17.8 Å². The molecule has 0 N–H and O–H groups in total. The molecule has 0 heterocycles. The lowest BCUT2D eigenvalue weighted by atomic mass is 10.1. The Morgan fingerprint density at radius 1 is 1.22 bits per heavy atom. The Morgan fingerprint density at radius 2 is 1.83 bits per heavy atom. The molecule has 0 bridgehead atoms. The predicted molar refractivity (Wildman–Crippen MR) is 69.8 cm³/mol. The molecule has 0 saturated heterocycles. The first-order valence-corrected chi connectivity index (χ1v) is 7.28. The second-order valence-corrected chi connectivity index (χ2v) is 5.92. The lowest BCUT2D eigenvalue weighted by molar-refractivity contribution is -0.116. The van der Waals surface area contributed by atoms with Crippen molar-refractivity contribution in [2.45, 2.75) is 37.4 Å². The molecule has 1 aliphatic carbocycles. The first-order chi connectivity index (χ1) is 8.66. The van der Waals surface area contributed by atoms with E-state index in [4.69, 9.17) is 0 Å². The molecule has 0 aliphatic heterocycles. The van der Waals surface area contributed by atoms with E-state index >= 15 is 0 Å². The van der Waals surface area contributed by atoms with Gasteiger partial charge in [0, 0.05) is 17.2 Å². The SMILES string of the molecule is O=C(CSC1CCCC1)Cc1c(F)cccc1F. The van der Waals surface area contributed by atoms with Gasteiger partial charge in [-0.2, -0.15) is 11.8 Å². The molecule has 1 aliphatic rings. The Labute approximate surface area is 110 Å². The monoisotopic (exact) mass is 270 g/mol. The number of carbonyl (C=O) groups is 1. The third-order valence-electron chi connectivity index (χ3n) is 3.22. The Morgan fingerprint density at radius 3 is 2.44 bits per heavy atom. The highest BCUT2D eigenvalue weighted by Gasteiger charge is 2.18. The molecule has 1 aromatic carbocycles. The van der Waals surface area contributed by atoms with Crippen LogP contribution in [0.3, 0.4) is 0 Å². The van der Waals surface area contributed by atoms with Crippen molar-refractivity contribution < 1.29 is 13.6 Å². The zero-order valence-electron chi connectivity index (χ0n) is 10.1. The van der Waals surface area contributed by atoms with Crippen molar-refractivity contribution in [3.63, 3.8) is 0 Å². The second-order valence-electron chi connectivity index (χ2n) is 4.63. The number of carbonyl (C=O) groups excluding carboxylic acids is 1. The summed E-state index contributed by atoms with van der Waals surface area (Å²) in [6, 6.07) is 3.69. The third kappa shape index (κ3) is 3.55. The molecule has 0 unspecified atom stereocenters. The van der Waals surface area contributed by atoms with Gasteiger partial charge in [0.15, 0.2) is 0 Å². The lowest BCUT2D eigenvalue weighted by Crippen LogP contribution is -2.11. The van der Waals surface area contributed by atoms with E-state index < -0.39 is 11.6 Å². The molecule has 0 radical (unpaired) electrons. The molecular formula is C14H16F2OS. The van der Waals surface area contributed by atoms with E-state index in [2.05, 4.69) is 0 Å². The number of Topliss-reactive ketones (excluding diaryl/α,β-unsaturated/α-hetero) is 1. The van der Waals surface area contributed by atoms with Crippen molar-refractivity contribution in [1.82, 2.24) is 0 Å². The summed E-state index contributed by atoms with van der Waals surface area (Å²) >= 11 is 1.63. The molecule has 1 nitrogen and oxygen atoms in total. The van der Waals surface area contributed by atoms with Crippen LogP contribution < -0.4 is 0 Å². The number of halogens is 2. The Balaban J connectivity index is 1.86. The first kappa shape index (κ1) is 13.5. The summed E-state index contributed by atoms with van der Waals surface area (Å²) in [5.74, 6) is -1.00. The van der Waals surface area contributed by atoms with E-state index in [0.717, 1.165) is 12.8 Å². The van der Waals surface area contributed by atoms with Crippen molar-refractivity contribution in [3.8, 4) is 0 Å². The third-order valence-corrected chi connectivity index (χ3v) is 4.65. The summed E-state index contributed by atoms with van der Waals surface area (Å²) in [7, 11) is 0. The van der Waals surface area contributed by atoms with E-state index in [1.54, 1.807) is 11.8 Å². The normalized spacial score (nSPS) is 16.1. The van der Waals surface area contributed by atoms with Gasteiger partial charge in [-0.15, -0.1) is 0 Å². The standard InChI is InChI=1S/C14H16F2OS/c15-13-6-3-7-14(16)12(13)8-10(17)9-18-11-4-1-2-5-11/h3,6-7,11H,1-2,4-5,8-9H2. The molecule has 1 aromatic rings. The van der Waals surface area contributed by atoms with Gasteiger partial charge in [-0.1, -0.05) is 18.9 Å². The number of ketones is 1. The van der Waals surface area contributed by atoms with Crippen LogP contribution in [0.25, 0.3) is 0 Å². The molecule has 1 saturated carbocycles. The molecule has 0 aromatic heterocycles. The van der Waals surface area contributed by atoms with Crippen LogP contribution in [0.1, 0.15) is 31.2 Å². The van der Waals surface area contributed by atoms with Crippen LogP contribution in [-0.4, -0.2) is 16.8 Å². The number of hydrogen-bond acceptors (Lipinski definition) is 2. The summed E-state index contributed by atoms with van der Waals surface area (Å²) < 4.78 is 26.7. The van der Waals surface area contributed by atoms with Crippen molar-refractivity contribution in [1.29, 1.82) is 0 Å². The van der Waals surface area contributed by atoms with Crippen LogP contribution >= 0.6 is 11.8 Å². The second kappa shape index (κ2) is 6.32. The summed E-state index contributed by atoms with van der Waals surface area (Å²) in [4.78, 5) is 11.7. The Hall–Kier alpha value is -0.900. The smallest absolute Gasteiger partial charge is 0.147 e. The Kier molecular flexibility index (Phi) is 4.75. The number of thioether (sulfide) groups is 1. The topological polar surface area (TPSA) is 17.1 Å². The van der Waals surface area contributed by atoms with Crippen LogP contribution in [0.15, 0.2) is 18.2 Å². The summed E-state index contributed by atoms with van der Waals surface area (Å²) in [5, 5.41) is 0.555. The van der Waals surface area contributed by atoms with Crippen LogP contribution in [0.4, 0.5) is 8.78 Å². The molecule has 2 rings (SSSR count). The van der Waals surface area contributed by atoms with Gasteiger partial charge in [0.2, 0.25) is 0 Å². The molecule has 4 heteroatoms. The minimum absolute atomic E-state index is 0.101. The minimum Gasteiger partial charge on any atom is -0.298 e. The van der Waals surface area contributed by atoms with E-state index in [0.29, 0.717) is 11.0 Å². The molecule has 18 heavy (non-hydrogen) atoms. The fourth-order valence-electron chi connectivity index (χ4n) is 2.22. The van der Waals surface area contributed by atoms with Gasteiger partial charge in [0.25, 0.3) is 0 Å². The average Bonchev–Trinajstić information content (AvgIpc) is 2.84. The van der Waals surface area contributed by atoms with Gasteiger partial charge in [0.05, 0.1) is 5.75 Å². The number of benzene rings is 1. The highest BCUT2D eigenvalue weighted by molar-refractivity contribution is 8.00. The van der Waals surface area contributed by atoms with Gasteiger partial charge < -0.3 is 0 Å². The van der Waals surface area contributed by atoms with Gasteiger partial charge in [0.1, 0.15) is 17.4 Å². The van der Waals surface area contributed by atoms with Crippen molar-refractivity contribution in [2.24, 2.45) is 0 Å². The summed E-state index contributed by atoms with van der Waals surface area (Å²) in [5.41, 5.74) is -0.102. The van der Waals surface area contributed by atoms with Crippen LogP contribution in [0.5, 0.6) is 0 Å². The van der Waals surface area contributed by atoms with E-state index in [9.17, 15) is 13.6 Å². The van der Waals surface area contributed by atoms with E-state index in [1.807, 2.05) is 0 Å². The van der Waals surface area contributed by atoms with Crippen LogP contribution in [-0.2, 0) is 11.2 Å². The largest absolute Gasteiger partial charge is 0.298 e. The zero-order valence-corrected chi connectivity index (χ0v) is 10.9. The molecule has 1 fully saturated rings. The highest BCUT2D eigenvalue weighted by Crippen LogP contribution is 2.29. The van der Waals surface area contributed by atoms with Gasteiger partial charge in [-0.3, -0.25) is 4.79 Å². The van der Waals surface area contributed by atoms with Crippen molar-refractivity contribution in [3.05, 3.63) is 35.4 Å². The maximum absolute atomic E-state index is 13.4. The maximum atomic E-state index is 13.4. The van der Waals surface area contributed by atoms with Crippen molar-refractivity contribution >= 4 is 17.5 Å². The van der Waals surface area contributed by atoms with Crippen molar-refractivity contribution in [2.75, 3.05) is 5.75 Å².